The summed E-state index contributed by atoms with van der Waals surface area (Å²) in [6, 6.07) is 9.16. The van der Waals surface area contributed by atoms with E-state index >= 15 is 0 Å². The first-order valence-corrected chi connectivity index (χ1v) is 5.19. The molecule has 0 saturated heterocycles. The van der Waals surface area contributed by atoms with Crippen molar-refractivity contribution >= 4 is 23.2 Å². The van der Waals surface area contributed by atoms with Gasteiger partial charge in [0, 0.05) is 0 Å². The number of methoxy groups -OCH3 is 1. The van der Waals surface area contributed by atoms with Crippen LogP contribution >= 0.6 is 0 Å². The largest absolute Gasteiger partial charge is 0.463 e. The van der Waals surface area contributed by atoms with Gasteiger partial charge in [0.2, 0.25) is 0 Å². The first kappa shape index (κ1) is 12.9. The summed E-state index contributed by atoms with van der Waals surface area (Å²) in [5.41, 5.74) is 3.60. The van der Waals surface area contributed by atoms with Crippen LogP contribution in [0.3, 0.4) is 0 Å². The summed E-state index contributed by atoms with van der Waals surface area (Å²) in [7, 11) is 1.16. The maximum absolute atomic E-state index is 11.5. The molecule has 1 aromatic rings. The van der Waals surface area contributed by atoms with E-state index in [1.165, 1.54) is 0 Å². The third kappa shape index (κ3) is 3.71. The molecule has 0 aromatic heterocycles. The molecular formula is C12H14N2O3. The van der Waals surface area contributed by atoms with Gasteiger partial charge in [-0.05, 0) is 18.6 Å². The first-order chi connectivity index (χ1) is 8.19. The highest BCUT2D eigenvalue weighted by atomic mass is 16.5. The van der Waals surface area contributed by atoms with E-state index in [1.807, 2.05) is 18.2 Å². The lowest BCUT2D eigenvalue weighted by atomic mass is 10.2. The Labute approximate surface area is 99.5 Å². The zero-order chi connectivity index (χ0) is 12.7. The zero-order valence-electron chi connectivity index (χ0n) is 9.77. The smallest absolute Gasteiger partial charge is 0.380 e. The highest BCUT2D eigenvalue weighted by molar-refractivity contribution is 6.63. The number of carbonyl (C=O) groups is 2. The Balaban J connectivity index is 2.74. The van der Waals surface area contributed by atoms with Crippen molar-refractivity contribution in [2.24, 2.45) is 5.10 Å². The van der Waals surface area contributed by atoms with Gasteiger partial charge in [0.15, 0.2) is 0 Å². The van der Waals surface area contributed by atoms with Crippen LogP contribution in [0.15, 0.2) is 35.4 Å². The zero-order valence-corrected chi connectivity index (χ0v) is 9.77. The van der Waals surface area contributed by atoms with E-state index < -0.39 is 11.8 Å². The predicted molar refractivity (Wildman–Crippen MR) is 64.8 cm³/mol. The summed E-state index contributed by atoms with van der Waals surface area (Å²) in [5, 5.41) is 3.90. The molecular weight excluding hydrogens is 220 g/mol. The third-order valence-corrected chi connectivity index (χ3v) is 2.06. The molecule has 0 atom stereocenters. The Morgan fingerprint density at radius 2 is 1.94 bits per heavy atom. The lowest BCUT2D eigenvalue weighted by molar-refractivity contribution is -0.148. The molecule has 0 amide bonds. The topological polar surface area (TPSA) is 67.8 Å². The molecule has 1 rings (SSSR count). The van der Waals surface area contributed by atoms with E-state index in [4.69, 9.17) is 0 Å². The molecule has 0 radical (unpaired) electrons. The quantitative estimate of drug-likeness (QED) is 0.364. The van der Waals surface area contributed by atoms with Crippen LogP contribution in [0.4, 0.5) is 5.69 Å². The Bertz CT molecular complexity index is 427. The van der Waals surface area contributed by atoms with Crippen molar-refractivity contribution in [3.8, 4) is 0 Å². The molecule has 1 aromatic carbocycles. The van der Waals surface area contributed by atoms with Gasteiger partial charge in [-0.3, -0.25) is 10.2 Å². The van der Waals surface area contributed by atoms with E-state index in [9.17, 15) is 9.59 Å². The van der Waals surface area contributed by atoms with Crippen molar-refractivity contribution in [2.45, 2.75) is 13.3 Å². The summed E-state index contributed by atoms with van der Waals surface area (Å²) in [6.45, 7) is 1.74. The van der Waals surface area contributed by atoms with Gasteiger partial charge in [0.25, 0.3) is 5.78 Å². The fourth-order valence-corrected chi connectivity index (χ4v) is 1.15. The fourth-order valence-electron chi connectivity index (χ4n) is 1.15. The van der Waals surface area contributed by atoms with Gasteiger partial charge in [0.1, 0.15) is 5.71 Å². The lowest BCUT2D eigenvalue weighted by Gasteiger charge is -2.03. The summed E-state index contributed by atoms with van der Waals surface area (Å²) in [6.07, 6.45) is 0.355. The van der Waals surface area contributed by atoms with Crippen molar-refractivity contribution in [1.82, 2.24) is 0 Å². The molecule has 0 unspecified atom stereocenters. The van der Waals surface area contributed by atoms with Gasteiger partial charge in [-0.25, -0.2) is 4.79 Å². The lowest BCUT2D eigenvalue weighted by Crippen LogP contribution is -2.25. The molecule has 5 nitrogen and oxygen atoms in total. The van der Waals surface area contributed by atoms with Crippen LogP contribution in [0, 0.1) is 0 Å². The van der Waals surface area contributed by atoms with Crippen molar-refractivity contribution in [3.63, 3.8) is 0 Å². The van der Waals surface area contributed by atoms with Gasteiger partial charge < -0.3 is 4.74 Å². The fraction of sp³-hybridized carbons (Fsp3) is 0.250. The number of nitrogens with zero attached hydrogens (tertiary/aromatic N) is 1. The van der Waals surface area contributed by atoms with Crippen molar-refractivity contribution in [2.75, 3.05) is 12.5 Å². The summed E-state index contributed by atoms with van der Waals surface area (Å²) in [5.74, 6) is -1.63. The second-order valence-corrected chi connectivity index (χ2v) is 3.21. The minimum absolute atomic E-state index is 0.140. The number of Topliss-reactive ketones (excluding diaryl/α,β-unsaturated/α-hetero) is 1. The van der Waals surface area contributed by atoms with Gasteiger partial charge in [-0.2, -0.15) is 5.10 Å². The second kappa shape index (κ2) is 6.42. The molecule has 0 bridgehead atoms. The number of hydrazone groups is 1. The summed E-state index contributed by atoms with van der Waals surface area (Å²) < 4.78 is 4.35. The Hall–Kier alpha value is -2.17. The highest BCUT2D eigenvalue weighted by Gasteiger charge is 2.19. The molecule has 0 spiro atoms. The van der Waals surface area contributed by atoms with Crippen LogP contribution in [-0.2, 0) is 14.3 Å². The molecule has 0 aliphatic carbocycles. The average Bonchev–Trinajstić information content (AvgIpc) is 2.39. The van der Waals surface area contributed by atoms with Crippen LogP contribution in [0.5, 0.6) is 0 Å². The third-order valence-electron chi connectivity index (χ3n) is 2.06. The Morgan fingerprint density at radius 1 is 1.29 bits per heavy atom. The summed E-state index contributed by atoms with van der Waals surface area (Å²) >= 11 is 0. The number of para-hydroxylation sites is 1. The SMILES string of the molecule is CC/C(=N\Nc1ccccc1)C(=O)C(=O)OC. The van der Waals surface area contributed by atoms with Crippen LogP contribution in [0.25, 0.3) is 0 Å². The average molecular weight is 234 g/mol. The number of hydrogen-bond acceptors (Lipinski definition) is 5. The molecule has 17 heavy (non-hydrogen) atoms. The number of benzene rings is 1. The maximum Gasteiger partial charge on any atom is 0.380 e. The Kier molecular flexibility index (Phi) is 4.87. The molecule has 5 heteroatoms. The van der Waals surface area contributed by atoms with Crippen LogP contribution < -0.4 is 5.43 Å². The highest BCUT2D eigenvalue weighted by Crippen LogP contribution is 2.05. The number of hydrogen-bond donors (Lipinski definition) is 1. The maximum atomic E-state index is 11.5. The normalized spacial score (nSPS) is 10.8. The first-order valence-electron chi connectivity index (χ1n) is 5.19. The van der Waals surface area contributed by atoms with E-state index in [1.54, 1.807) is 19.1 Å². The molecule has 0 heterocycles. The van der Waals surface area contributed by atoms with Gasteiger partial charge in [0.05, 0.1) is 12.8 Å². The number of anilines is 1. The molecule has 0 fully saturated rings. The van der Waals surface area contributed by atoms with Crippen LogP contribution in [0.2, 0.25) is 0 Å². The van der Waals surface area contributed by atoms with E-state index in [0.717, 1.165) is 12.8 Å². The molecule has 90 valence electrons. The number of carbonyl (C=O) groups excluding carboxylic acids is 2. The second-order valence-electron chi connectivity index (χ2n) is 3.21. The predicted octanol–water partition coefficient (Wildman–Crippen LogP) is 1.61. The van der Waals surface area contributed by atoms with Gasteiger partial charge in [-0.15, -0.1) is 0 Å². The van der Waals surface area contributed by atoms with Crippen LogP contribution in [-0.4, -0.2) is 24.6 Å². The number of ketones is 1. The minimum Gasteiger partial charge on any atom is -0.463 e. The minimum atomic E-state index is -0.902. The van der Waals surface area contributed by atoms with Crippen molar-refractivity contribution in [3.05, 3.63) is 30.3 Å². The molecule has 0 aliphatic rings. The van der Waals surface area contributed by atoms with E-state index in [0.29, 0.717) is 6.42 Å². The number of esters is 1. The Morgan fingerprint density at radius 3 is 2.47 bits per heavy atom. The van der Waals surface area contributed by atoms with E-state index in [2.05, 4.69) is 15.3 Å². The monoisotopic (exact) mass is 234 g/mol. The number of nitrogens with one attached hydrogen (secondary N) is 1. The summed E-state index contributed by atoms with van der Waals surface area (Å²) in [4.78, 5) is 22.5. The number of ether oxygens (including phenoxy) is 1. The van der Waals surface area contributed by atoms with Gasteiger partial charge >= 0.3 is 5.97 Å². The number of rotatable bonds is 5. The standard InChI is InChI=1S/C12H14N2O3/c1-3-10(11(15)12(16)17-2)14-13-9-7-5-4-6-8-9/h4-8,13H,3H2,1-2H3/b14-10+. The van der Waals surface area contributed by atoms with Crippen molar-refractivity contribution < 1.29 is 14.3 Å². The van der Waals surface area contributed by atoms with E-state index in [-0.39, 0.29) is 5.71 Å². The molecule has 1 N–H and O–H groups in total. The molecule has 0 aliphatic heterocycles. The van der Waals surface area contributed by atoms with Crippen LogP contribution in [0.1, 0.15) is 13.3 Å². The molecule has 0 saturated carbocycles. The van der Waals surface area contributed by atoms with Gasteiger partial charge in [-0.1, -0.05) is 25.1 Å². The van der Waals surface area contributed by atoms with Crippen molar-refractivity contribution in [1.29, 1.82) is 0 Å².